The molecule has 24 heavy (non-hydrogen) atoms. The summed E-state index contributed by atoms with van der Waals surface area (Å²) < 4.78 is 1.65. The lowest BCUT2D eigenvalue weighted by Crippen LogP contribution is -2.39. The minimum atomic E-state index is -0.327. The molecule has 0 fully saturated rings. The first-order valence-corrected chi connectivity index (χ1v) is 7.63. The molecule has 2 N–H and O–H groups in total. The first kappa shape index (κ1) is 17.5. The van der Waals surface area contributed by atoms with Crippen LogP contribution in [0.25, 0.3) is 0 Å². The van der Waals surface area contributed by atoms with Crippen molar-refractivity contribution < 1.29 is 9.59 Å². The van der Waals surface area contributed by atoms with Gasteiger partial charge in [-0.05, 0) is 18.6 Å². The van der Waals surface area contributed by atoms with Crippen molar-refractivity contribution in [1.29, 1.82) is 0 Å². The number of urea groups is 1. The van der Waals surface area contributed by atoms with Gasteiger partial charge in [0.25, 0.3) is 0 Å². The van der Waals surface area contributed by atoms with Crippen molar-refractivity contribution in [2.24, 2.45) is 0 Å². The lowest BCUT2D eigenvalue weighted by atomic mass is 10.1. The standard InChI is InChI=1S/C16H22N6O2/c1-12(9-22-11-17-10-18-22)19-16(24)20-14-7-5-4-6-13(14)8-15(23)21(2)3/h4-7,10-12H,8-9H2,1-3H3,(H2,19,20,24). The maximum absolute atomic E-state index is 12.2. The summed E-state index contributed by atoms with van der Waals surface area (Å²) in [6, 6.07) is 6.82. The minimum Gasteiger partial charge on any atom is -0.349 e. The summed E-state index contributed by atoms with van der Waals surface area (Å²) in [7, 11) is 3.41. The number of likely N-dealkylation sites (N-methyl/N-ethyl adjacent to an activating group) is 1. The monoisotopic (exact) mass is 330 g/mol. The van der Waals surface area contributed by atoms with Crippen LogP contribution in [0.15, 0.2) is 36.9 Å². The molecule has 0 bridgehead atoms. The van der Waals surface area contributed by atoms with Crippen molar-refractivity contribution in [3.05, 3.63) is 42.5 Å². The Morgan fingerprint density at radius 3 is 2.71 bits per heavy atom. The summed E-state index contributed by atoms with van der Waals surface area (Å²) in [4.78, 5) is 29.4. The molecule has 3 amide bonds. The molecule has 1 aromatic carbocycles. The third-order valence-electron chi connectivity index (χ3n) is 3.41. The Balaban J connectivity index is 1.94. The number of amides is 3. The van der Waals surface area contributed by atoms with E-state index in [-0.39, 0.29) is 24.4 Å². The van der Waals surface area contributed by atoms with E-state index in [1.807, 2.05) is 25.1 Å². The normalized spacial score (nSPS) is 11.6. The van der Waals surface area contributed by atoms with E-state index in [1.165, 1.54) is 11.2 Å². The summed E-state index contributed by atoms with van der Waals surface area (Å²) >= 11 is 0. The summed E-state index contributed by atoms with van der Waals surface area (Å²) in [5, 5.41) is 9.64. The lowest BCUT2D eigenvalue weighted by molar-refractivity contribution is -0.127. The zero-order valence-electron chi connectivity index (χ0n) is 14.1. The number of carbonyl (C=O) groups excluding carboxylic acids is 2. The van der Waals surface area contributed by atoms with Crippen LogP contribution < -0.4 is 10.6 Å². The average molecular weight is 330 g/mol. The highest BCUT2D eigenvalue weighted by Gasteiger charge is 2.13. The van der Waals surface area contributed by atoms with E-state index in [0.717, 1.165) is 5.56 Å². The first-order valence-electron chi connectivity index (χ1n) is 7.63. The van der Waals surface area contributed by atoms with Gasteiger partial charge in [0.05, 0.1) is 13.0 Å². The highest BCUT2D eigenvalue weighted by atomic mass is 16.2. The zero-order chi connectivity index (χ0) is 17.5. The van der Waals surface area contributed by atoms with Gasteiger partial charge >= 0.3 is 6.03 Å². The molecule has 1 aromatic heterocycles. The zero-order valence-corrected chi connectivity index (χ0v) is 14.1. The van der Waals surface area contributed by atoms with Gasteiger partial charge in [0.15, 0.2) is 0 Å². The van der Waals surface area contributed by atoms with E-state index in [0.29, 0.717) is 12.2 Å². The van der Waals surface area contributed by atoms with Crippen LogP contribution in [0, 0.1) is 0 Å². The second-order valence-corrected chi connectivity index (χ2v) is 5.74. The van der Waals surface area contributed by atoms with Gasteiger partial charge in [-0.15, -0.1) is 0 Å². The number of nitrogens with zero attached hydrogens (tertiary/aromatic N) is 4. The predicted molar refractivity (Wildman–Crippen MR) is 90.5 cm³/mol. The van der Waals surface area contributed by atoms with Crippen molar-refractivity contribution >= 4 is 17.6 Å². The number of nitrogens with one attached hydrogen (secondary N) is 2. The van der Waals surface area contributed by atoms with Gasteiger partial charge in [0.1, 0.15) is 12.7 Å². The van der Waals surface area contributed by atoms with Crippen molar-refractivity contribution in [1.82, 2.24) is 25.0 Å². The van der Waals surface area contributed by atoms with Crippen LogP contribution in [0.2, 0.25) is 0 Å². The molecule has 0 aliphatic carbocycles. The Morgan fingerprint density at radius 1 is 1.29 bits per heavy atom. The summed E-state index contributed by atoms with van der Waals surface area (Å²) in [6.45, 7) is 2.40. The highest BCUT2D eigenvalue weighted by Crippen LogP contribution is 2.16. The van der Waals surface area contributed by atoms with Crippen LogP contribution in [0.1, 0.15) is 12.5 Å². The first-order chi connectivity index (χ1) is 11.5. The molecule has 128 valence electrons. The SMILES string of the molecule is CC(Cn1cncn1)NC(=O)Nc1ccccc1CC(=O)N(C)C. The summed E-state index contributed by atoms with van der Waals surface area (Å²) in [5.74, 6) is -0.0239. The number of anilines is 1. The molecule has 0 aliphatic rings. The molecule has 0 spiro atoms. The molecule has 1 unspecified atom stereocenters. The second-order valence-electron chi connectivity index (χ2n) is 5.74. The Kier molecular flexibility index (Phi) is 5.89. The molecule has 2 rings (SSSR count). The van der Waals surface area contributed by atoms with Crippen molar-refractivity contribution in [2.75, 3.05) is 19.4 Å². The van der Waals surface area contributed by atoms with E-state index in [1.54, 1.807) is 31.2 Å². The number of benzene rings is 1. The third-order valence-corrected chi connectivity index (χ3v) is 3.41. The molecule has 8 heteroatoms. The Labute approximate surface area is 140 Å². The Bertz CT molecular complexity index is 684. The summed E-state index contributed by atoms with van der Waals surface area (Å²) in [6.07, 6.45) is 3.28. The van der Waals surface area contributed by atoms with Gasteiger partial charge < -0.3 is 15.5 Å². The smallest absolute Gasteiger partial charge is 0.319 e. The fourth-order valence-corrected chi connectivity index (χ4v) is 2.15. The largest absolute Gasteiger partial charge is 0.349 e. The molecule has 0 saturated heterocycles. The molecule has 2 aromatic rings. The maximum Gasteiger partial charge on any atom is 0.319 e. The molecule has 0 radical (unpaired) electrons. The van der Waals surface area contributed by atoms with E-state index in [2.05, 4.69) is 20.7 Å². The van der Waals surface area contributed by atoms with Gasteiger partial charge in [-0.2, -0.15) is 5.10 Å². The lowest BCUT2D eigenvalue weighted by Gasteiger charge is -2.17. The summed E-state index contributed by atoms with van der Waals surface area (Å²) in [5.41, 5.74) is 1.40. The minimum absolute atomic E-state index is 0.0239. The number of aromatic nitrogens is 3. The van der Waals surface area contributed by atoms with Crippen molar-refractivity contribution in [3.63, 3.8) is 0 Å². The van der Waals surface area contributed by atoms with E-state index in [9.17, 15) is 9.59 Å². The van der Waals surface area contributed by atoms with Crippen molar-refractivity contribution in [3.8, 4) is 0 Å². The number of rotatable bonds is 6. The predicted octanol–water partition coefficient (Wildman–Crippen LogP) is 1.12. The molecule has 8 nitrogen and oxygen atoms in total. The Morgan fingerprint density at radius 2 is 2.04 bits per heavy atom. The maximum atomic E-state index is 12.2. The molecular weight excluding hydrogens is 308 g/mol. The third kappa shape index (κ3) is 5.08. The number of para-hydroxylation sites is 1. The van der Waals surface area contributed by atoms with E-state index < -0.39 is 0 Å². The topological polar surface area (TPSA) is 92.1 Å². The van der Waals surface area contributed by atoms with Crippen LogP contribution in [-0.4, -0.2) is 51.7 Å². The van der Waals surface area contributed by atoms with Crippen LogP contribution in [0.4, 0.5) is 10.5 Å². The Hall–Kier alpha value is -2.90. The fraction of sp³-hybridized carbons (Fsp3) is 0.375. The quantitative estimate of drug-likeness (QED) is 0.830. The molecule has 0 saturated carbocycles. The van der Waals surface area contributed by atoms with Gasteiger partial charge in [-0.25, -0.2) is 9.78 Å². The fourth-order valence-electron chi connectivity index (χ4n) is 2.15. The van der Waals surface area contributed by atoms with Crippen LogP contribution in [0.3, 0.4) is 0 Å². The van der Waals surface area contributed by atoms with Gasteiger partial charge in [-0.1, -0.05) is 18.2 Å². The van der Waals surface area contributed by atoms with Gasteiger partial charge in [0.2, 0.25) is 5.91 Å². The number of hydrogen-bond donors (Lipinski definition) is 2. The van der Waals surface area contributed by atoms with Gasteiger partial charge in [0, 0.05) is 25.8 Å². The highest BCUT2D eigenvalue weighted by molar-refractivity contribution is 5.91. The van der Waals surface area contributed by atoms with E-state index >= 15 is 0 Å². The van der Waals surface area contributed by atoms with Crippen molar-refractivity contribution in [2.45, 2.75) is 25.9 Å². The molecular formula is C16H22N6O2. The van der Waals surface area contributed by atoms with Crippen LogP contribution in [0.5, 0.6) is 0 Å². The number of carbonyl (C=O) groups is 2. The van der Waals surface area contributed by atoms with Gasteiger partial charge in [-0.3, -0.25) is 9.48 Å². The second kappa shape index (κ2) is 8.09. The van der Waals surface area contributed by atoms with Crippen LogP contribution >= 0.6 is 0 Å². The van der Waals surface area contributed by atoms with E-state index in [4.69, 9.17) is 0 Å². The molecule has 1 heterocycles. The van der Waals surface area contributed by atoms with Crippen LogP contribution in [-0.2, 0) is 17.8 Å². The molecule has 0 aliphatic heterocycles. The molecule has 1 atom stereocenters. The number of hydrogen-bond acceptors (Lipinski definition) is 4. The average Bonchev–Trinajstić information content (AvgIpc) is 3.01.